The summed E-state index contributed by atoms with van der Waals surface area (Å²) in [5, 5.41) is 0. The van der Waals surface area contributed by atoms with Gasteiger partial charge in [-0.3, -0.25) is 0 Å². The largest absolute Gasteiger partial charge is 0.382 e. The standard InChI is InChI=1S/C16H16FIN6S/c17-16-22-14(20)13-15(23-16)24(3-2-19)12(21-13)7-9-6-11-8(1-4-25-11)5-10(9)18/h5-6H,1-4,7,19H2,(H2,20,22,23). The highest BCUT2D eigenvalue weighted by Crippen LogP contribution is 2.34. The van der Waals surface area contributed by atoms with Crippen molar-refractivity contribution in [3.8, 4) is 0 Å². The van der Waals surface area contributed by atoms with Crippen LogP contribution in [0.3, 0.4) is 0 Å². The molecule has 1 aromatic carbocycles. The number of hydrogen-bond acceptors (Lipinski definition) is 6. The Labute approximate surface area is 161 Å². The van der Waals surface area contributed by atoms with E-state index in [0.717, 1.165) is 18.0 Å². The van der Waals surface area contributed by atoms with Crippen LogP contribution in [0.25, 0.3) is 11.2 Å². The van der Waals surface area contributed by atoms with Crippen LogP contribution in [0, 0.1) is 9.65 Å². The van der Waals surface area contributed by atoms with Crippen molar-refractivity contribution in [1.29, 1.82) is 0 Å². The summed E-state index contributed by atoms with van der Waals surface area (Å²) in [6.07, 6.45) is 0.884. The summed E-state index contributed by atoms with van der Waals surface area (Å²) < 4.78 is 16.6. The number of benzene rings is 1. The van der Waals surface area contributed by atoms with Crippen molar-refractivity contribution in [3.63, 3.8) is 0 Å². The summed E-state index contributed by atoms with van der Waals surface area (Å²) in [5.41, 5.74) is 15.0. The summed E-state index contributed by atoms with van der Waals surface area (Å²) in [5.74, 6) is 1.96. The Bertz CT molecular complexity index is 973. The summed E-state index contributed by atoms with van der Waals surface area (Å²) in [4.78, 5) is 13.4. The first-order chi connectivity index (χ1) is 12.1. The highest BCUT2D eigenvalue weighted by Gasteiger charge is 2.19. The van der Waals surface area contributed by atoms with Gasteiger partial charge in [-0.25, -0.2) is 4.98 Å². The van der Waals surface area contributed by atoms with Gasteiger partial charge in [-0.1, -0.05) is 0 Å². The summed E-state index contributed by atoms with van der Waals surface area (Å²) in [6.45, 7) is 0.902. The molecule has 0 fully saturated rings. The van der Waals surface area contributed by atoms with Crippen LogP contribution in [0.4, 0.5) is 10.2 Å². The highest BCUT2D eigenvalue weighted by atomic mass is 127. The monoisotopic (exact) mass is 470 g/mol. The quantitative estimate of drug-likeness (QED) is 0.449. The average molecular weight is 470 g/mol. The Morgan fingerprint density at radius 2 is 2.12 bits per heavy atom. The lowest BCUT2D eigenvalue weighted by Crippen LogP contribution is -2.14. The van der Waals surface area contributed by atoms with Crippen molar-refractivity contribution >= 4 is 51.3 Å². The minimum Gasteiger partial charge on any atom is -0.382 e. The Hall–Kier alpha value is -1.46. The molecule has 0 amide bonds. The van der Waals surface area contributed by atoms with Gasteiger partial charge < -0.3 is 16.0 Å². The number of nitrogens with zero attached hydrogens (tertiary/aromatic N) is 4. The molecule has 6 nitrogen and oxygen atoms in total. The molecule has 0 bridgehead atoms. The number of nitrogen functional groups attached to an aromatic ring is 1. The topological polar surface area (TPSA) is 95.6 Å². The molecule has 0 aliphatic carbocycles. The van der Waals surface area contributed by atoms with Crippen LogP contribution in [0.1, 0.15) is 17.0 Å². The predicted molar refractivity (Wildman–Crippen MR) is 105 cm³/mol. The maximum atomic E-state index is 13.6. The Morgan fingerprint density at radius 3 is 2.92 bits per heavy atom. The van der Waals surface area contributed by atoms with Crippen molar-refractivity contribution in [2.75, 3.05) is 18.0 Å². The van der Waals surface area contributed by atoms with Gasteiger partial charge in [0.05, 0.1) is 0 Å². The lowest BCUT2D eigenvalue weighted by Gasteiger charge is -2.10. The third-order valence-electron chi connectivity index (χ3n) is 4.23. The molecule has 4 N–H and O–H groups in total. The zero-order valence-electron chi connectivity index (χ0n) is 13.3. The zero-order valence-corrected chi connectivity index (χ0v) is 16.3. The molecule has 0 atom stereocenters. The van der Waals surface area contributed by atoms with Gasteiger partial charge in [-0.15, -0.1) is 11.8 Å². The van der Waals surface area contributed by atoms with Gasteiger partial charge >= 0.3 is 6.08 Å². The second-order valence-corrected chi connectivity index (χ2v) is 8.14. The maximum absolute atomic E-state index is 13.6. The molecule has 25 heavy (non-hydrogen) atoms. The van der Waals surface area contributed by atoms with E-state index in [0.29, 0.717) is 30.7 Å². The number of thioether (sulfide) groups is 1. The molecule has 0 saturated carbocycles. The first kappa shape index (κ1) is 17.0. The van der Waals surface area contributed by atoms with Gasteiger partial charge in [-0.05, 0) is 52.3 Å². The summed E-state index contributed by atoms with van der Waals surface area (Å²) >= 11 is 4.24. The molecule has 3 heterocycles. The highest BCUT2D eigenvalue weighted by molar-refractivity contribution is 14.1. The normalized spacial score (nSPS) is 13.6. The van der Waals surface area contributed by atoms with Crippen molar-refractivity contribution in [1.82, 2.24) is 19.5 Å². The number of halogens is 2. The van der Waals surface area contributed by atoms with Gasteiger partial charge in [0.15, 0.2) is 17.0 Å². The number of imidazole rings is 1. The fourth-order valence-electron chi connectivity index (χ4n) is 3.08. The van der Waals surface area contributed by atoms with E-state index in [1.165, 1.54) is 19.6 Å². The minimum atomic E-state index is -0.849. The van der Waals surface area contributed by atoms with E-state index >= 15 is 0 Å². The molecule has 2 aromatic heterocycles. The molecule has 0 unspecified atom stereocenters. The van der Waals surface area contributed by atoms with Gasteiger partial charge in [-0.2, -0.15) is 14.4 Å². The fourth-order valence-corrected chi connectivity index (χ4v) is 4.92. The van der Waals surface area contributed by atoms with E-state index in [9.17, 15) is 4.39 Å². The average Bonchev–Trinajstić information content (AvgIpc) is 3.14. The molecule has 1 aliphatic rings. The van der Waals surface area contributed by atoms with Gasteiger partial charge in [0.1, 0.15) is 5.82 Å². The molecular weight excluding hydrogens is 454 g/mol. The Morgan fingerprint density at radius 1 is 1.28 bits per heavy atom. The molecule has 4 rings (SSSR count). The van der Waals surface area contributed by atoms with Crippen LogP contribution in [0.5, 0.6) is 0 Å². The molecular formula is C16H16FIN6S. The Kier molecular flexibility index (Phi) is 4.54. The smallest absolute Gasteiger partial charge is 0.312 e. The number of rotatable bonds is 4. The minimum absolute atomic E-state index is 0.0544. The summed E-state index contributed by atoms with van der Waals surface area (Å²) in [7, 11) is 0. The zero-order chi connectivity index (χ0) is 17.6. The fraction of sp³-hybridized carbons (Fsp3) is 0.312. The second-order valence-electron chi connectivity index (χ2n) is 5.85. The molecule has 130 valence electrons. The Balaban J connectivity index is 1.81. The first-order valence-corrected chi connectivity index (χ1v) is 9.95. The van der Waals surface area contributed by atoms with Crippen LogP contribution in [-0.2, 0) is 19.4 Å². The van der Waals surface area contributed by atoms with Crippen molar-refractivity contribution in [2.45, 2.75) is 24.3 Å². The van der Waals surface area contributed by atoms with E-state index in [4.69, 9.17) is 11.5 Å². The van der Waals surface area contributed by atoms with Crippen LogP contribution in [-0.4, -0.2) is 31.8 Å². The number of anilines is 1. The molecule has 0 saturated heterocycles. The number of aromatic nitrogens is 4. The first-order valence-electron chi connectivity index (χ1n) is 7.89. The van der Waals surface area contributed by atoms with E-state index in [1.54, 1.807) is 0 Å². The number of nitrogens with two attached hydrogens (primary N) is 2. The van der Waals surface area contributed by atoms with E-state index < -0.39 is 6.08 Å². The van der Waals surface area contributed by atoms with Crippen LogP contribution < -0.4 is 11.5 Å². The number of aryl methyl sites for hydroxylation is 1. The number of fused-ring (bicyclic) bond motifs is 2. The van der Waals surface area contributed by atoms with Crippen molar-refractivity contribution < 1.29 is 4.39 Å². The lowest BCUT2D eigenvalue weighted by molar-refractivity contribution is 0.542. The van der Waals surface area contributed by atoms with Gasteiger partial charge in [0.25, 0.3) is 0 Å². The van der Waals surface area contributed by atoms with Gasteiger partial charge in [0.2, 0.25) is 0 Å². The molecule has 1 aliphatic heterocycles. The molecule has 0 spiro atoms. The predicted octanol–water partition coefficient (Wildman–Crippen LogP) is 2.35. The van der Waals surface area contributed by atoms with E-state index in [-0.39, 0.29) is 5.82 Å². The van der Waals surface area contributed by atoms with Crippen molar-refractivity contribution in [2.24, 2.45) is 5.73 Å². The van der Waals surface area contributed by atoms with E-state index in [2.05, 4.69) is 49.7 Å². The molecule has 9 heteroatoms. The third kappa shape index (κ3) is 3.08. The maximum Gasteiger partial charge on any atom is 0.312 e. The second kappa shape index (κ2) is 6.69. The van der Waals surface area contributed by atoms with Crippen LogP contribution in [0.2, 0.25) is 0 Å². The lowest BCUT2D eigenvalue weighted by atomic mass is 10.1. The SMILES string of the molecule is NCCn1c(Cc2cc3c(cc2I)CCS3)nc2c(N)nc(F)nc21. The molecule has 0 radical (unpaired) electrons. The summed E-state index contributed by atoms with van der Waals surface area (Å²) in [6, 6.07) is 4.48. The molecule has 3 aromatic rings. The number of hydrogen-bond donors (Lipinski definition) is 2. The van der Waals surface area contributed by atoms with Crippen LogP contribution in [0.15, 0.2) is 17.0 Å². The van der Waals surface area contributed by atoms with E-state index in [1.807, 2.05) is 16.3 Å². The van der Waals surface area contributed by atoms with Crippen LogP contribution >= 0.6 is 34.4 Å². The van der Waals surface area contributed by atoms with Gasteiger partial charge in [0, 0.05) is 33.7 Å². The van der Waals surface area contributed by atoms with Crippen molar-refractivity contribution in [3.05, 3.63) is 38.7 Å². The third-order valence-corrected chi connectivity index (χ3v) is 6.34.